The van der Waals surface area contributed by atoms with E-state index in [0.717, 1.165) is 56.7 Å². The minimum atomic E-state index is 0.642. The molecule has 2 fully saturated rings. The van der Waals surface area contributed by atoms with E-state index in [1.54, 1.807) is 7.11 Å². The number of nitrogens with one attached hydrogen (secondary N) is 1. The van der Waals surface area contributed by atoms with Gasteiger partial charge in [0.25, 0.3) is 0 Å². The van der Waals surface area contributed by atoms with E-state index in [-0.39, 0.29) is 0 Å². The van der Waals surface area contributed by atoms with Crippen LogP contribution >= 0.6 is 0 Å². The zero-order chi connectivity index (χ0) is 22.2. The molecule has 4 rings (SSSR count). The minimum Gasteiger partial charge on any atom is -0.497 e. The van der Waals surface area contributed by atoms with E-state index < -0.39 is 0 Å². The van der Waals surface area contributed by atoms with Crippen LogP contribution in [0.4, 0.5) is 11.4 Å². The van der Waals surface area contributed by atoms with Crippen LogP contribution in [-0.2, 0) is 0 Å². The van der Waals surface area contributed by atoms with Crippen molar-refractivity contribution in [2.75, 3.05) is 56.6 Å². The number of nitrogens with two attached hydrogens (primary N) is 1. The van der Waals surface area contributed by atoms with Gasteiger partial charge in [0.15, 0.2) is 5.96 Å². The molecule has 0 aromatic heterocycles. The molecular formula is C26H37N5O. The van der Waals surface area contributed by atoms with Gasteiger partial charge in [-0.2, -0.15) is 0 Å². The molecule has 1 saturated heterocycles. The summed E-state index contributed by atoms with van der Waals surface area (Å²) in [5.41, 5.74) is 8.25. The fourth-order valence-electron chi connectivity index (χ4n) is 4.85. The van der Waals surface area contributed by atoms with Gasteiger partial charge in [0, 0.05) is 50.2 Å². The number of guanidine groups is 1. The molecule has 1 heterocycles. The summed E-state index contributed by atoms with van der Waals surface area (Å²) in [6.45, 7) is 5.48. The molecule has 1 aliphatic carbocycles. The second-order valence-corrected chi connectivity index (χ2v) is 8.97. The molecule has 32 heavy (non-hydrogen) atoms. The molecule has 6 heteroatoms. The average molecular weight is 436 g/mol. The number of benzene rings is 2. The summed E-state index contributed by atoms with van der Waals surface area (Å²) < 4.78 is 5.40. The Morgan fingerprint density at radius 3 is 2.56 bits per heavy atom. The number of methoxy groups -OCH3 is 1. The fraction of sp³-hybridized carbons (Fsp3) is 0.500. The molecule has 2 aromatic carbocycles. The van der Waals surface area contributed by atoms with Gasteiger partial charge in [-0.25, -0.2) is 0 Å². The molecule has 2 aromatic rings. The Balaban J connectivity index is 1.42. The van der Waals surface area contributed by atoms with Crippen LogP contribution in [0.1, 0.15) is 25.7 Å². The van der Waals surface area contributed by atoms with Crippen molar-refractivity contribution in [2.45, 2.75) is 25.7 Å². The van der Waals surface area contributed by atoms with Crippen LogP contribution in [0, 0.1) is 11.8 Å². The van der Waals surface area contributed by atoms with E-state index in [4.69, 9.17) is 15.5 Å². The second kappa shape index (κ2) is 11.2. The number of ether oxygens (including phenoxy) is 1. The number of para-hydroxylation sites is 1. The van der Waals surface area contributed by atoms with Crippen molar-refractivity contribution < 1.29 is 4.74 Å². The monoisotopic (exact) mass is 435 g/mol. The third-order valence-electron chi connectivity index (χ3n) is 6.75. The normalized spacial score (nSPS) is 22.0. The van der Waals surface area contributed by atoms with Gasteiger partial charge in [-0.15, -0.1) is 0 Å². The Morgan fingerprint density at radius 2 is 1.81 bits per heavy atom. The van der Waals surface area contributed by atoms with Crippen LogP contribution in [0.2, 0.25) is 0 Å². The van der Waals surface area contributed by atoms with Crippen LogP contribution in [0.25, 0.3) is 0 Å². The van der Waals surface area contributed by atoms with Crippen molar-refractivity contribution in [1.29, 1.82) is 0 Å². The summed E-state index contributed by atoms with van der Waals surface area (Å²) in [4.78, 5) is 9.93. The zero-order valence-electron chi connectivity index (χ0n) is 19.2. The number of piperazine rings is 1. The smallest absolute Gasteiger partial charge is 0.198 e. The summed E-state index contributed by atoms with van der Waals surface area (Å²) in [6, 6.07) is 18.7. The Bertz CT molecular complexity index is 864. The van der Waals surface area contributed by atoms with Crippen LogP contribution in [0.15, 0.2) is 59.6 Å². The van der Waals surface area contributed by atoms with E-state index in [1.165, 1.54) is 31.4 Å². The van der Waals surface area contributed by atoms with E-state index in [1.807, 2.05) is 12.1 Å². The third-order valence-corrected chi connectivity index (χ3v) is 6.75. The summed E-state index contributed by atoms with van der Waals surface area (Å²) in [5, 5.41) is 3.60. The highest BCUT2D eigenvalue weighted by Crippen LogP contribution is 2.29. The molecule has 0 bridgehead atoms. The number of anilines is 2. The van der Waals surface area contributed by atoms with Crippen LogP contribution in [0.3, 0.4) is 0 Å². The van der Waals surface area contributed by atoms with Gasteiger partial charge in [0.2, 0.25) is 0 Å². The lowest BCUT2D eigenvalue weighted by Gasteiger charge is -2.38. The Morgan fingerprint density at radius 1 is 1.03 bits per heavy atom. The molecule has 172 valence electrons. The SMILES string of the molecule is COc1cccc(N2CCN(C(=NCC3CCCC(CN)C3)Nc3ccccc3)CC2)c1. The van der Waals surface area contributed by atoms with E-state index in [9.17, 15) is 0 Å². The van der Waals surface area contributed by atoms with E-state index in [2.05, 4.69) is 57.6 Å². The maximum absolute atomic E-state index is 5.95. The van der Waals surface area contributed by atoms with Crippen LogP contribution in [-0.4, -0.2) is 57.2 Å². The molecule has 6 nitrogen and oxygen atoms in total. The molecule has 2 unspecified atom stereocenters. The molecule has 3 N–H and O–H groups in total. The van der Waals surface area contributed by atoms with Gasteiger partial charge >= 0.3 is 0 Å². The van der Waals surface area contributed by atoms with Crippen molar-refractivity contribution in [1.82, 2.24) is 4.90 Å². The van der Waals surface area contributed by atoms with Crippen molar-refractivity contribution in [3.63, 3.8) is 0 Å². The van der Waals surface area contributed by atoms with Gasteiger partial charge in [-0.3, -0.25) is 4.99 Å². The molecule has 2 aliphatic rings. The first-order valence-corrected chi connectivity index (χ1v) is 12.0. The van der Waals surface area contributed by atoms with Crippen LogP contribution < -0.4 is 20.7 Å². The second-order valence-electron chi connectivity index (χ2n) is 8.97. The lowest BCUT2D eigenvalue weighted by atomic mass is 9.81. The van der Waals surface area contributed by atoms with Gasteiger partial charge in [0.05, 0.1) is 7.11 Å². The Kier molecular flexibility index (Phi) is 7.88. The number of nitrogens with zero attached hydrogens (tertiary/aromatic N) is 3. The van der Waals surface area contributed by atoms with Crippen molar-refractivity contribution in [2.24, 2.45) is 22.6 Å². The maximum atomic E-state index is 5.95. The number of hydrogen-bond donors (Lipinski definition) is 2. The molecule has 1 aliphatic heterocycles. The summed E-state index contributed by atoms with van der Waals surface area (Å²) in [5.74, 6) is 3.21. The van der Waals surface area contributed by atoms with Crippen LogP contribution in [0.5, 0.6) is 5.75 Å². The molecule has 1 saturated carbocycles. The fourth-order valence-corrected chi connectivity index (χ4v) is 4.85. The van der Waals surface area contributed by atoms with E-state index in [0.29, 0.717) is 11.8 Å². The Hall–Kier alpha value is -2.73. The lowest BCUT2D eigenvalue weighted by molar-refractivity contribution is 0.276. The first kappa shape index (κ1) is 22.5. The quantitative estimate of drug-likeness (QED) is 0.529. The summed E-state index contributed by atoms with van der Waals surface area (Å²) >= 11 is 0. The Labute approximate surface area is 192 Å². The highest BCUT2D eigenvalue weighted by atomic mass is 16.5. The average Bonchev–Trinajstić information content (AvgIpc) is 2.87. The number of aliphatic imine (C=N–C) groups is 1. The predicted octanol–water partition coefficient (Wildman–Crippen LogP) is 4.05. The highest BCUT2D eigenvalue weighted by molar-refractivity contribution is 5.93. The number of hydrogen-bond acceptors (Lipinski definition) is 4. The molecular weight excluding hydrogens is 398 g/mol. The largest absolute Gasteiger partial charge is 0.497 e. The molecule has 0 spiro atoms. The third kappa shape index (κ3) is 5.94. The van der Waals surface area contributed by atoms with Gasteiger partial charge in [0.1, 0.15) is 5.75 Å². The lowest BCUT2D eigenvalue weighted by Crippen LogP contribution is -2.51. The molecule has 2 atom stereocenters. The zero-order valence-corrected chi connectivity index (χ0v) is 19.2. The highest BCUT2D eigenvalue weighted by Gasteiger charge is 2.23. The summed E-state index contributed by atoms with van der Waals surface area (Å²) in [6.07, 6.45) is 5.03. The number of rotatable bonds is 6. The van der Waals surface area contributed by atoms with Crippen molar-refractivity contribution in [3.8, 4) is 5.75 Å². The van der Waals surface area contributed by atoms with Gasteiger partial charge < -0.3 is 25.6 Å². The molecule has 0 radical (unpaired) electrons. The predicted molar refractivity (Wildman–Crippen MR) is 134 cm³/mol. The van der Waals surface area contributed by atoms with Gasteiger partial charge in [-0.05, 0) is 61.9 Å². The van der Waals surface area contributed by atoms with Crippen molar-refractivity contribution in [3.05, 3.63) is 54.6 Å². The van der Waals surface area contributed by atoms with E-state index >= 15 is 0 Å². The first-order chi connectivity index (χ1) is 15.7. The van der Waals surface area contributed by atoms with Crippen molar-refractivity contribution >= 4 is 17.3 Å². The topological polar surface area (TPSA) is 66.1 Å². The molecule has 0 amide bonds. The summed E-state index contributed by atoms with van der Waals surface area (Å²) in [7, 11) is 1.72. The first-order valence-electron chi connectivity index (χ1n) is 12.0. The minimum absolute atomic E-state index is 0.642. The standard InChI is InChI=1S/C26H37N5O/c1-32-25-12-6-11-24(18-25)30-13-15-31(16-14-30)26(29-23-9-3-2-4-10-23)28-20-22-8-5-7-21(17-22)19-27/h2-4,6,9-12,18,21-22H,5,7-8,13-17,19-20,27H2,1H3,(H,28,29). The maximum Gasteiger partial charge on any atom is 0.198 e. The van der Waals surface area contributed by atoms with Gasteiger partial charge in [-0.1, -0.05) is 30.7 Å².